The van der Waals surface area contributed by atoms with Crippen LogP contribution in [0.5, 0.6) is 17.2 Å². The van der Waals surface area contributed by atoms with Crippen LogP contribution in [0.25, 0.3) is 0 Å². The molecular weight excluding hydrogens is 232 g/mol. The third-order valence-corrected chi connectivity index (χ3v) is 3.12. The molecule has 1 aromatic carbocycles. The standard InChI is InChI=1S/C13H16O3Si/c1-14-11-7-10(5-6-17(2,3)4)8-12-13(11)16-9-15-12/h7-8H,9H2,1-4H3. The van der Waals surface area contributed by atoms with Crippen LogP contribution in [0.4, 0.5) is 0 Å². The van der Waals surface area contributed by atoms with Crippen LogP contribution in [0, 0.1) is 11.5 Å². The summed E-state index contributed by atoms with van der Waals surface area (Å²) in [4.78, 5) is 0. The smallest absolute Gasteiger partial charge is 0.231 e. The van der Waals surface area contributed by atoms with Gasteiger partial charge in [-0.25, -0.2) is 0 Å². The Hall–Kier alpha value is -1.60. The van der Waals surface area contributed by atoms with Gasteiger partial charge in [-0.05, 0) is 6.07 Å². The Morgan fingerprint density at radius 1 is 1.24 bits per heavy atom. The Balaban J connectivity index is 2.39. The van der Waals surface area contributed by atoms with E-state index in [1.807, 2.05) is 12.1 Å². The second-order valence-corrected chi connectivity index (χ2v) is 9.66. The van der Waals surface area contributed by atoms with E-state index in [1.54, 1.807) is 7.11 Å². The van der Waals surface area contributed by atoms with Crippen molar-refractivity contribution in [1.29, 1.82) is 0 Å². The summed E-state index contributed by atoms with van der Waals surface area (Å²) in [5.74, 6) is 5.25. The highest BCUT2D eigenvalue weighted by molar-refractivity contribution is 6.83. The topological polar surface area (TPSA) is 27.7 Å². The van der Waals surface area contributed by atoms with Crippen molar-refractivity contribution in [2.24, 2.45) is 0 Å². The molecule has 4 heteroatoms. The lowest BCUT2D eigenvalue weighted by Gasteiger charge is -2.06. The zero-order valence-electron chi connectivity index (χ0n) is 10.6. The largest absolute Gasteiger partial charge is 0.493 e. The molecule has 17 heavy (non-hydrogen) atoms. The van der Waals surface area contributed by atoms with Crippen LogP contribution in [0.1, 0.15) is 5.56 Å². The van der Waals surface area contributed by atoms with Crippen LogP contribution >= 0.6 is 0 Å². The minimum atomic E-state index is -1.37. The average Bonchev–Trinajstić information content (AvgIpc) is 2.72. The second kappa shape index (κ2) is 4.34. The molecule has 1 aliphatic heterocycles. The van der Waals surface area contributed by atoms with E-state index < -0.39 is 8.07 Å². The van der Waals surface area contributed by atoms with E-state index in [1.165, 1.54) is 0 Å². The van der Waals surface area contributed by atoms with E-state index in [9.17, 15) is 0 Å². The van der Waals surface area contributed by atoms with E-state index in [-0.39, 0.29) is 6.79 Å². The number of methoxy groups -OCH3 is 1. The van der Waals surface area contributed by atoms with Crippen molar-refractivity contribution < 1.29 is 14.2 Å². The molecule has 0 radical (unpaired) electrons. The maximum Gasteiger partial charge on any atom is 0.231 e. The fraction of sp³-hybridized carbons (Fsp3) is 0.385. The van der Waals surface area contributed by atoms with Gasteiger partial charge in [-0.3, -0.25) is 0 Å². The van der Waals surface area contributed by atoms with Gasteiger partial charge >= 0.3 is 0 Å². The molecule has 0 aliphatic carbocycles. The first-order chi connectivity index (χ1) is 7.99. The molecule has 2 rings (SSSR count). The van der Waals surface area contributed by atoms with Gasteiger partial charge in [0.15, 0.2) is 11.5 Å². The highest BCUT2D eigenvalue weighted by Crippen LogP contribution is 2.41. The third-order valence-electron chi connectivity index (χ3n) is 2.24. The molecule has 0 saturated carbocycles. The van der Waals surface area contributed by atoms with Gasteiger partial charge in [0.1, 0.15) is 8.07 Å². The van der Waals surface area contributed by atoms with Crippen molar-refractivity contribution in [1.82, 2.24) is 0 Å². The number of ether oxygens (including phenoxy) is 3. The highest BCUT2D eigenvalue weighted by Gasteiger charge is 2.19. The van der Waals surface area contributed by atoms with Gasteiger partial charge < -0.3 is 14.2 Å². The Kier molecular flexibility index (Phi) is 3.03. The maximum absolute atomic E-state index is 5.35. The first-order valence-electron chi connectivity index (χ1n) is 5.50. The minimum Gasteiger partial charge on any atom is -0.493 e. The van der Waals surface area contributed by atoms with Gasteiger partial charge in [-0.1, -0.05) is 25.6 Å². The number of rotatable bonds is 1. The van der Waals surface area contributed by atoms with Gasteiger partial charge in [-0.2, -0.15) is 0 Å². The molecule has 90 valence electrons. The molecule has 0 unspecified atom stereocenters. The molecule has 0 saturated heterocycles. The van der Waals surface area contributed by atoms with Crippen LogP contribution in [0.2, 0.25) is 19.6 Å². The van der Waals surface area contributed by atoms with E-state index in [0.717, 1.165) is 5.56 Å². The lowest BCUT2D eigenvalue weighted by atomic mass is 10.2. The maximum atomic E-state index is 5.35. The molecule has 0 bridgehead atoms. The average molecular weight is 248 g/mol. The van der Waals surface area contributed by atoms with Crippen LogP contribution in [0.15, 0.2) is 12.1 Å². The second-order valence-electron chi connectivity index (χ2n) is 4.91. The lowest BCUT2D eigenvalue weighted by molar-refractivity contribution is 0.171. The van der Waals surface area contributed by atoms with Crippen LogP contribution < -0.4 is 14.2 Å². The molecule has 1 heterocycles. The molecule has 1 aromatic rings. The van der Waals surface area contributed by atoms with Gasteiger partial charge in [0.25, 0.3) is 0 Å². The van der Waals surface area contributed by atoms with Crippen molar-refractivity contribution >= 4 is 8.07 Å². The summed E-state index contributed by atoms with van der Waals surface area (Å²) in [6, 6.07) is 3.79. The predicted molar refractivity (Wildman–Crippen MR) is 69.3 cm³/mol. The fourth-order valence-electron chi connectivity index (χ4n) is 1.46. The van der Waals surface area contributed by atoms with Crippen molar-refractivity contribution in [3.8, 4) is 28.7 Å². The Morgan fingerprint density at radius 3 is 2.65 bits per heavy atom. The van der Waals surface area contributed by atoms with Crippen LogP contribution in [-0.2, 0) is 0 Å². The zero-order chi connectivity index (χ0) is 12.5. The summed E-state index contributed by atoms with van der Waals surface area (Å²) in [5, 5.41) is 0. The first kappa shape index (κ1) is 11.9. The van der Waals surface area contributed by atoms with Gasteiger partial charge in [0.05, 0.1) is 7.11 Å². The quantitative estimate of drug-likeness (QED) is 0.565. The van der Waals surface area contributed by atoms with Crippen molar-refractivity contribution in [2.45, 2.75) is 19.6 Å². The van der Waals surface area contributed by atoms with E-state index in [2.05, 4.69) is 31.1 Å². The molecule has 0 spiro atoms. The lowest BCUT2D eigenvalue weighted by Crippen LogP contribution is -2.16. The Bertz CT molecular complexity index is 492. The number of benzene rings is 1. The Labute approximate surface area is 103 Å². The Morgan fingerprint density at radius 2 is 2.00 bits per heavy atom. The van der Waals surface area contributed by atoms with Crippen molar-refractivity contribution in [3.05, 3.63) is 17.7 Å². The molecule has 0 fully saturated rings. The SMILES string of the molecule is COc1cc(C#C[Si](C)(C)C)cc2c1OCO2. The number of hydrogen-bond donors (Lipinski definition) is 0. The van der Waals surface area contributed by atoms with Crippen molar-refractivity contribution in [3.63, 3.8) is 0 Å². The van der Waals surface area contributed by atoms with Crippen molar-refractivity contribution in [2.75, 3.05) is 13.9 Å². The fourth-order valence-corrected chi connectivity index (χ4v) is 1.98. The van der Waals surface area contributed by atoms with Gasteiger partial charge in [0.2, 0.25) is 12.5 Å². The third kappa shape index (κ3) is 2.74. The number of fused-ring (bicyclic) bond motifs is 1. The molecule has 1 aliphatic rings. The monoisotopic (exact) mass is 248 g/mol. The first-order valence-corrected chi connectivity index (χ1v) is 9.00. The van der Waals surface area contributed by atoms with Gasteiger partial charge in [-0.15, -0.1) is 5.54 Å². The summed E-state index contributed by atoms with van der Waals surface area (Å²) < 4.78 is 16.0. The molecule has 0 N–H and O–H groups in total. The summed E-state index contributed by atoms with van der Waals surface area (Å²) in [6.07, 6.45) is 0. The predicted octanol–water partition coefficient (Wildman–Crippen LogP) is 2.65. The van der Waals surface area contributed by atoms with Crippen LogP contribution in [0.3, 0.4) is 0 Å². The summed E-state index contributed by atoms with van der Waals surface area (Å²) in [6.45, 7) is 6.88. The van der Waals surface area contributed by atoms with E-state index >= 15 is 0 Å². The minimum absolute atomic E-state index is 0.247. The highest BCUT2D eigenvalue weighted by atomic mass is 28.3. The van der Waals surface area contributed by atoms with Gasteiger partial charge in [0, 0.05) is 11.6 Å². The van der Waals surface area contributed by atoms with Crippen LogP contribution in [-0.4, -0.2) is 22.0 Å². The summed E-state index contributed by atoms with van der Waals surface area (Å²) in [7, 11) is 0.251. The molecule has 3 nitrogen and oxygen atoms in total. The molecule has 0 atom stereocenters. The summed E-state index contributed by atoms with van der Waals surface area (Å²) >= 11 is 0. The van der Waals surface area contributed by atoms with E-state index in [4.69, 9.17) is 14.2 Å². The molecular formula is C13H16O3Si. The zero-order valence-corrected chi connectivity index (χ0v) is 11.6. The number of hydrogen-bond acceptors (Lipinski definition) is 3. The van der Waals surface area contributed by atoms with E-state index in [0.29, 0.717) is 17.2 Å². The molecule has 0 aromatic heterocycles. The molecule has 0 amide bonds. The summed E-state index contributed by atoms with van der Waals surface area (Å²) in [5.41, 5.74) is 4.23. The normalized spacial score (nSPS) is 12.9.